The van der Waals surface area contributed by atoms with Gasteiger partial charge in [0.15, 0.2) is 0 Å². The Morgan fingerprint density at radius 2 is 1.75 bits per heavy atom. The predicted molar refractivity (Wildman–Crippen MR) is 65.1 cm³/mol. The third kappa shape index (κ3) is 2.93. The smallest absolute Gasteiger partial charge is 0.116 e. The van der Waals surface area contributed by atoms with Crippen LogP contribution in [-0.2, 0) is 4.79 Å². The van der Waals surface area contributed by atoms with Crippen molar-refractivity contribution in [3.8, 4) is 6.07 Å². The van der Waals surface area contributed by atoms with Gasteiger partial charge in [0, 0.05) is 0 Å². The molecule has 0 unspecified atom stereocenters. The molecule has 0 aromatic heterocycles. The van der Waals surface area contributed by atoms with Crippen molar-refractivity contribution in [2.24, 2.45) is 0 Å². The number of aldehydes is 1. The van der Waals surface area contributed by atoms with Crippen LogP contribution in [0.2, 0.25) is 0 Å². The molecule has 0 radical (unpaired) electrons. The molecular formula is C14H13NO. The van der Waals surface area contributed by atoms with Crippen LogP contribution in [-0.4, -0.2) is 6.29 Å². The van der Waals surface area contributed by atoms with E-state index in [2.05, 4.69) is 31.2 Å². The van der Waals surface area contributed by atoms with Gasteiger partial charge in [-0.1, -0.05) is 29.8 Å². The monoisotopic (exact) mass is 211 g/mol. The first-order valence-electron chi connectivity index (χ1n) is 5.01. The standard InChI is InChI=1S/C12H9N.C2H4O/c1-9-2-4-11-5-3-10(8-13)7-12(11)6-9;1-2-3/h2-7H,1H3;2H,1H3. The summed E-state index contributed by atoms with van der Waals surface area (Å²) in [5.41, 5.74) is 1.95. The molecule has 0 aliphatic heterocycles. The highest BCUT2D eigenvalue weighted by Crippen LogP contribution is 2.16. The minimum absolute atomic E-state index is 0.720. The SMILES string of the molecule is CC=O.Cc1ccc2ccc(C#N)cc2c1. The van der Waals surface area contributed by atoms with E-state index < -0.39 is 0 Å². The second-order valence-electron chi connectivity index (χ2n) is 3.41. The Hall–Kier alpha value is -2.14. The van der Waals surface area contributed by atoms with Gasteiger partial charge in [-0.3, -0.25) is 0 Å². The third-order valence-electron chi connectivity index (χ3n) is 2.12. The van der Waals surface area contributed by atoms with E-state index in [1.54, 1.807) is 0 Å². The van der Waals surface area contributed by atoms with Gasteiger partial charge in [-0.2, -0.15) is 5.26 Å². The molecule has 2 heteroatoms. The van der Waals surface area contributed by atoms with Crippen LogP contribution >= 0.6 is 0 Å². The number of carbonyl (C=O) groups is 1. The molecule has 80 valence electrons. The van der Waals surface area contributed by atoms with Gasteiger partial charge in [0.25, 0.3) is 0 Å². The Kier molecular flexibility index (Phi) is 4.23. The Labute approximate surface area is 95.1 Å². The van der Waals surface area contributed by atoms with Crippen LogP contribution in [0.25, 0.3) is 10.8 Å². The molecule has 0 aliphatic rings. The first-order chi connectivity index (χ1) is 7.71. The Balaban J connectivity index is 0.000000386. The molecule has 0 saturated carbocycles. The molecule has 2 nitrogen and oxygen atoms in total. The molecule has 0 spiro atoms. The fraction of sp³-hybridized carbons (Fsp3) is 0.143. The fourth-order valence-corrected chi connectivity index (χ4v) is 1.44. The van der Waals surface area contributed by atoms with Crippen LogP contribution in [0.4, 0.5) is 0 Å². The largest absolute Gasteiger partial charge is 0.304 e. The van der Waals surface area contributed by atoms with E-state index in [0.29, 0.717) is 0 Å². The van der Waals surface area contributed by atoms with Gasteiger partial charge < -0.3 is 4.79 Å². The number of nitrogens with zero attached hydrogens (tertiary/aromatic N) is 1. The van der Waals surface area contributed by atoms with Crippen molar-refractivity contribution >= 4 is 17.1 Å². The van der Waals surface area contributed by atoms with E-state index in [0.717, 1.165) is 17.2 Å². The lowest BCUT2D eigenvalue weighted by Gasteiger charge is -1.98. The number of aryl methyl sites for hydroxylation is 1. The van der Waals surface area contributed by atoms with Crippen molar-refractivity contribution in [3.05, 3.63) is 47.5 Å². The minimum atomic E-state index is 0.720. The van der Waals surface area contributed by atoms with Crippen LogP contribution in [0, 0.1) is 18.3 Å². The van der Waals surface area contributed by atoms with E-state index in [1.165, 1.54) is 17.9 Å². The van der Waals surface area contributed by atoms with E-state index in [1.807, 2.05) is 18.2 Å². The second-order valence-corrected chi connectivity index (χ2v) is 3.41. The summed E-state index contributed by atoms with van der Waals surface area (Å²) in [6.07, 6.45) is 0.750. The molecule has 0 fully saturated rings. The molecule has 0 atom stereocenters. The van der Waals surface area contributed by atoms with Gasteiger partial charge in [-0.05, 0) is 36.8 Å². The normalized spacial score (nSPS) is 8.81. The predicted octanol–water partition coefficient (Wildman–Crippen LogP) is 3.23. The van der Waals surface area contributed by atoms with Gasteiger partial charge >= 0.3 is 0 Å². The van der Waals surface area contributed by atoms with Crippen molar-refractivity contribution in [3.63, 3.8) is 0 Å². The van der Waals surface area contributed by atoms with Crippen LogP contribution in [0.1, 0.15) is 18.1 Å². The average Bonchev–Trinajstić information content (AvgIpc) is 2.29. The van der Waals surface area contributed by atoms with Gasteiger partial charge in [-0.15, -0.1) is 0 Å². The minimum Gasteiger partial charge on any atom is -0.304 e. The summed E-state index contributed by atoms with van der Waals surface area (Å²) >= 11 is 0. The summed E-state index contributed by atoms with van der Waals surface area (Å²) in [6, 6.07) is 14.1. The topological polar surface area (TPSA) is 40.9 Å². The lowest BCUT2D eigenvalue weighted by atomic mass is 10.1. The van der Waals surface area contributed by atoms with Crippen molar-refractivity contribution in [2.45, 2.75) is 13.8 Å². The molecule has 2 aromatic carbocycles. The molecule has 2 rings (SSSR count). The molecule has 0 heterocycles. The van der Waals surface area contributed by atoms with Crippen molar-refractivity contribution < 1.29 is 4.79 Å². The number of hydrogen-bond acceptors (Lipinski definition) is 2. The first-order valence-corrected chi connectivity index (χ1v) is 5.01. The summed E-state index contributed by atoms with van der Waals surface area (Å²) in [6.45, 7) is 3.50. The zero-order valence-electron chi connectivity index (χ0n) is 9.40. The lowest BCUT2D eigenvalue weighted by molar-refractivity contribution is -0.106. The maximum atomic E-state index is 8.81. The van der Waals surface area contributed by atoms with Crippen molar-refractivity contribution in [2.75, 3.05) is 0 Å². The highest BCUT2D eigenvalue weighted by atomic mass is 16.1. The van der Waals surface area contributed by atoms with Crippen molar-refractivity contribution in [1.29, 1.82) is 5.26 Å². The Morgan fingerprint density at radius 3 is 2.38 bits per heavy atom. The van der Waals surface area contributed by atoms with E-state index >= 15 is 0 Å². The quantitative estimate of drug-likeness (QED) is 0.628. The summed E-state index contributed by atoms with van der Waals surface area (Å²) in [7, 11) is 0. The van der Waals surface area contributed by atoms with Crippen LogP contribution < -0.4 is 0 Å². The van der Waals surface area contributed by atoms with Gasteiger partial charge in [0.05, 0.1) is 11.6 Å². The fourth-order valence-electron chi connectivity index (χ4n) is 1.44. The number of rotatable bonds is 0. The zero-order valence-corrected chi connectivity index (χ0v) is 9.40. The molecule has 0 amide bonds. The van der Waals surface area contributed by atoms with Gasteiger partial charge in [0.1, 0.15) is 6.29 Å². The molecule has 0 N–H and O–H groups in total. The van der Waals surface area contributed by atoms with Crippen LogP contribution in [0.5, 0.6) is 0 Å². The summed E-state index contributed by atoms with van der Waals surface area (Å²) in [5.74, 6) is 0. The molecule has 0 bridgehead atoms. The molecule has 0 aliphatic carbocycles. The van der Waals surface area contributed by atoms with E-state index in [9.17, 15) is 0 Å². The average molecular weight is 211 g/mol. The molecule has 2 aromatic rings. The lowest BCUT2D eigenvalue weighted by Crippen LogP contribution is -1.77. The summed E-state index contributed by atoms with van der Waals surface area (Å²) in [4.78, 5) is 8.81. The molecule has 0 saturated heterocycles. The number of fused-ring (bicyclic) bond motifs is 1. The zero-order chi connectivity index (χ0) is 12.0. The third-order valence-corrected chi connectivity index (χ3v) is 2.12. The van der Waals surface area contributed by atoms with Crippen LogP contribution in [0.15, 0.2) is 36.4 Å². The van der Waals surface area contributed by atoms with Crippen LogP contribution in [0.3, 0.4) is 0 Å². The first kappa shape index (κ1) is 11.9. The highest BCUT2D eigenvalue weighted by molar-refractivity contribution is 5.84. The Morgan fingerprint density at radius 1 is 1.12 bits per heavy atom. The second kappa shape index (κ2) is 5.67. The van der Waals surface area contributed by atoms with E-state index in [4.69, 9.17) is 10.1 Å². The van der Waals surface area contributed by atoms with Crippen molar-refractivity contribution in [1.82, 2.24) is 0 Å². The van der Waals surface area contributed by atoms with E-state index in [-0.39, 0.29) is 0 Å². The molecule has 16 heavy (non-hydrogen) atoms. The summed E-state index contributed by atoms with van der Waals surface area (Å²) < 4.78 is 0. The maximum absolute atomic E-state index is 8.81. The number of carbonyl (C=O) groups excluding carboxylic acids is 1. The molecular weight excluding hydrogens is 198 g/mol. The summed E-state index contributed by atoms with van der Waals surface area (Å²) in [5, 5.41) is 11.0. The highest BCUT2D eigenvalue weighted by Gasteiger charge is 1.95. The van der Waals surface area contributed by atoms with Gasteiger partial charge in [0.2, 0.25) is 0 Å². The van der Waals surface area contributed by atoms with Gasteiger partial charge in [-0.25, -0.2) is 0 Å². The Bertz CT molecular complexity index is 538. The number of nitriles is 1. The number of benzene rings is 2. The number of hydrogen-bond donors (Lipinski definition) is 0. The maximum Gasteiger partial charge on any atom is 0.116 e.